The van der Waals surface area contributed by atoms with Crippen LogP contribution in [0.1, 0.15) is 99.8 Å². The largest absolute Gasteiger partial charge is 0.478 e. The molecule has 72 heavy (non-hydrogen) atoms. The highest BCUT2D eigenvalue weighted by Gasteiger charge is 2.27. The van der Waals surface area contributed by atoms with Crippen LogP contribution in [-0.4, -0.2) is 143 Å². The number of nitrogens with one attached hydrogen (secondary N) is 3. The average molecular weight is 1030 g/mol. The first-order valence-corrected chi connectivity index (χ1v) is 26.1. The van der Waals surface area contributed by atoms with Crippen LogP contribution >= 0.6 is 12.6 Å². The van der Waals surface area contributed by atoms with Gasteiger partial charge in [-0.05, 0) is 130 Å². The number of rotatable bonds is 15. The molecular weight excluding hydrogens is 957 g/mol. The lowest BCUT2D eigenvalue weighted by atomic mass is 9.96. The number of aromatic amines is 2. The molecule has 4 aromatic carbocycles. The van der Waals surface area contributed by atoms with Crippen LogP contribution in [0.4, 0.5) is 0 Å². The van der Waals surface area contributed by atoms with E-state index < -0.39 is 21.9 Å². The number of likely N-dealkylation sites (tertiary alicyclic amines) is 2. The summed E-state index contributed by atoms with van der Waals surface area (Å²) in [6.45, 7) is 12.2. The number of aromatic nitrogens is 2. The van der Waals surface area contributed by atoms with Gasteiger partial charge in [-0.3, -0.25) is 24.2 Å². The van der Waals surface area contributed by atoms with Gasteiger partial charge in [0.1, 0.15) is 11.4 Å². The lowest BCUT2D eigenvalue weighted by Crippen LogP contribution is -2.42. The van der Waals surface area contributed by atoms with E-state index >= 15 is 0 Å². The second kappa shape index (κ2) is 29.5. The van der Waals surface area contributed by atoms with E-state index in [0.29, 0.717) is 54.0 Å². The van der Waals surface area contributed by atoms with Gasteiger partial charge in [-0.25, -0.2) is 17.9 Å². The quantitative estimate of drug-likeness (QED) is 0.0564. The summed E-state index contributed by atoms with van der Waals surface area (Å²) in [6.07, 6.45) is 7.02. The minimum absolute atomic E-state index is 0. The number of carboxylic acid groups (broad SMARTS) is 1. The standard InChI is InChI=1S/C26H32N4O4S.C25H29N3O3.CH4S.CH4.H3N.2H2O/c1-3-30(26(32)24-15-22-8-4-5-9-23(22)27-24)18-20-7-6-14-29(17-20)16-19-10-12-21(13-11-19)25(31)28-35(2,33)34;1-2-28(24(29)23-14-21-7-3-4-8-22(21)26-23)17-19-6-5-13-27(16-19)15-18-9-11-20(12-10-18)25(30)31;1-2;;;;/h4-5,8-13,15,20,27H,3,6-7,14,16-18H2,1-2H3,(H,28,31);3-4,7-12,14,19,26H,2,5-6,13,15-17H2,1H3,(H,30,31);2H,1H3;1H4;1H3;2*1H2. The Kier molecular flexibility index (Phi) is 25.4. The van der Waals surface area contributed by atoms with Crippen molar-refractivity contribution in [2.45, 2.75) is 60.0 Å². The number of para-hydroxylation sites is 2. The molecule has 17 nitrogen and oxygen atoms in total. The van der Waals surface area contributed by atoms with Crippen molar-refractivity contribution in [2.24, 2.45) is 11.8 Å². The van der Waals surface area contributed by atoms with E-state index in [1.54, 1.807) is 30.5 Å². The topological polar surface area (TPSA) is 277 Å². The number of carbonyl (C=O) groups is 4. The zero-order chi connectivity index (χ0) is 48.8. The van der Waals surface area contributed by atoms with Crippen molar-refractivity contribution in [3.8, 4) is 0 Å². The first kappa shape index (κ1) is 62.1. The summed E-state index contributed by atoms with van der Waals surface area (Å²) in [6, 6.07) is 33.9. The molecule has 2 saturated heterocycles. The number of aromatic carboxylic acids is 1. The van der Waals surface area contributed by atoms with Gasteiger partial charge in [-0.2, -0.15) is 12.6 Å². The monoisotopic (exact) mass is 1030 g/mol. The number of hydrogen-bond donors (Lipinski definition) is 6. The Hall–Kier alpha value is -6.06. The molecule has 8 rings (SSSR count). The van der Waals surface area contributed by atoms with E-state index in [4.69, 9.17) is 5.11 Å². The molecule has 4 heterocycles. The molecule has 2 aliphatic rings. The molecule has 0 spiro atoms. The summed E-state index contributed by atoms with van der Waals surface area (Å²) < 4.78 is 24.5. The average Bonchev–Trinajstić information content (AvgIpc) is 3.99. The Labute approximate surface area is 430 Å². The van der Waals surface area contributed by atoms with Gasteiger partial charge in [0, 0.05) is 79.7 Å². The summed E-state index contributed by atoms with van der Waals surface area (Å²) in [5.74, 6) is -0.624. The molecular formula is C53H76N8O9S2. The lowest BCUT2D eigenvalue weighted by molar-refractivity contribution is 0.0674. The van der Waals surface area contributed by atoms with Gasteiger partial charge in [-0.15, -0.1) is 0 Å². The summed E-state index contributed by atoms with van der Waals surface area (Å²) in [4.78, 5) is 64.5. The number of carbonyl (C=O) groups excluding carboxylic acids is 3. The predicted octanol–water partition coefficient (Wildman–Crippen LogP) is 7.17. The lowest BCUT2D eigenvalue weighted by Gasteiger charge is -2.35. The van der Waals surface area contributed by atoms with Gasteiger partial charge in [0.2, 0.25) is 10.0 Å². The van der Waals surface area contributed by atoms with Crippen LogP contribution in [0.3, 0.4) is 0 Å². The van der Waals surface area contributed by atoms with Gasteiger partial charge in [-0.1, -0.05) is 68.1 Å². The van der Waals surface area contributed by atoms with Gasteiger partial charge in [0.05, 0.1) is 11.8 Å². The van der Waals surface area contributed by atoms with Crippen molar-refractivity contribution in [3.05, 3.63) is 143 Å². The van der Waals surface area contributed by atoms with Crippen molar-refractivity contribution in [1.29, 1.82) is 0 Å². The molecule has 0 bridgehead atoms. The molecule has 2 aliphatic heterocycles. The highest BCUT2D eigenvalue weighted by Crippen LogP contribution is 2.24. The fourth-order valence-corrected chi connectivity index (χ4v) is 9.65. The molecule has 394 valence electrons. The second-order valence-electron chi connectivity index (χ2n) is 17.6. The van der Waals surface area contributed by atoms with Crippen LogP contribution in [0, 0.1) is 11.8 Å². The van der Waals surface area contributed by atoms with E-state index in [1.165, 1.54) is 0 Å². The van der Waals surface area contributed by atoms with Crippen LogP contribution < -0.4 is 10.9 Å². The molecule has 6 aromatic rings. The maximum Gasteiger partial charge on any atom is 0.335 e. The molecule has 0 radical (unpaired) electrons. The van der Waals surface area contributed by atoms with E-state index in [2.05, 4.69) is 32.4 Å². The maximum atomic E-state index is 13.2. The minimum atomic E-state index is -3.59. The number of thiol groups is 1. The number of benzene rings is 4. The number of H-pyrrole nitrogens is 2. The SMILES string of the molecule is C.CCN(CC1CCCN(Cc2ccc(C(=O)NS(C)(=O)=O)cc2)C1)C(=O)c1cc2ccccc2[nH]1.CCN(CC1CCCN(Cc2ccc(C(=O)O)cc2)C1)C(=O)c1cc2ccccc2[nH]1.CS.N.O.O. The van der Waals surface area contributed by atoms with Gasteiger partial charge < -0.3 is 42.0 Å². The molecule has 11 N–H and O–H groups in total. The summed E-state index contributed by atoms with van der Waals surface area (Å²) in [7, 11) is -3.59. The molecule has 2 atom stereocenters. The number of sulfonamides is 1. The number of carboxylic acids is 1. The third-order valence-electron chi connectivity index (χ3n) is 12.5. The Morgan fingerprint density at radius 2 is 1.06 bits per heavy atom. The summed E-state index contributed by atoms with van der Waals surface area (Å²) in [5.41, 5.74) is 6.03. The molecule has 2 aromatic heterocycles. The van der Waals surface area contributed by atoms with Crippen LogP contribution in [-0.2, 0) is 23.1 Å². The third-order valence-corrected chi connectivity index (χ3v) is 13.1. The molecule has 2 unspecified atom stereocenters. The fourth-order valence-electron chi connectivity index (χ4n) is 9.20. The number of fused-ring (bicyclic) bond motifs is 2. The van der Waals surface area contributed by atoms with Crippen LogP contribution in [0.5, 0.6) is 0 Å². The maximum absolute atomic E-state index is 13.2. The molecule has 0 aliphatic carbocycles. The Bertz CT molecular complexity index is 2680. The Morgan fingerprint density at radius 3 is 1.42 bits per heavy atom. The van der Waals surface area contributed by atoms with Crippen LogP contribution in [0.2, 0.25) is 0 Å². The summed E-state index contributed by atoms with van der Waals surface area (Å²) in [5, 5.41) is 11.2. The third kappa shape index (κ3) is 17.3. The normalized spacial score (nSPS) is 15.6. The van der Waals surface area contributed by atoms with Crippen molar-refractivity contribution < 1.29 is 43.7 Å². The van der Waals surface area contributed by atoms with Crippen molar-refractivity contribution in [1.82, 2.24) is 40.4 Å². The number of piperidine rings is 2. The molecule has 2 fully saturated rings. The van der Waals surface area contributed by atoms with Gasteiger partial charge in [0.15, 0.2) is 0 Å². The van der Waals surface area contributed by atoms with E-state index in [9.17, 15) is 27.6 Å². The summed E-state index contributed by atoms with van der Waals surface area (Å²) >= 11 is 3.53. The molecule has 19 heteroatoms. The highest BCUT2D eigenvalue weighted by atomic mass is 32.2. The first-order valence-electron chi connectivity index (χ1n) is 23.3. The van der Waals surface area contributed by atoms with E-state index in [-0.39, 0.29) is 36.3 Å². The fraction of sp³-hybridized carbons (Fsp3) is 0.396. The van der Waals surface area contributed by atoms with Gasteiger partial charge in [0.25, 0.3) is 17.7 Å². The van der Waals surface area contributed by atoms with E-state index in [0.717, 1.165) is 111 Å². The molecule has 0 saturated carbocycles. The predicted molar refractivity (Wildman–Crippen MR) is 292 cm³/mol. The zero-order valence-corrected chi connectivity index (χ0v) is 42.9. The van der Waals surface area contributed by atoms with Gasteiger partial charge >= 0.3 is 5.97 Å². The zero-order valence-electron chi connectivity index (χ0n) is 41.2. The highest BCUT2D eigenvalue weighted by molar-refractivity contribution is 7.89. The number of nitrogens with zero attached hydrogens (tertiary/aromatic N) is 4. The van der Waals surface area contributed by atoms with Crippen LogP contribution in [0.15, 0.2) is 109 Å². The van der Waals surface area contributed by atoms with Crippen molar-refractivity contribution in [3.63, 3.8) is 0 Å². The van der Waals surface area contributed by atoms with E-state index in [1.807, 2.05) is 113 Å². The Morgan fingerprint density at radius 1 is 0.667 bits per heavy atom. The van der Waals surface area contributed by atoms with Crippen molar-refractivity contribution in [2.75, 3.05) is 64.9 Å². The number of amides is 3. The second-order valence-corrected chi connectivity index (χ2v) is 19.4. The minimum Gasteiger partial charge on any atom is -0.478 e. The molecule has 3 amide bonds. The smallest absolute Gasteiger partial charge is 0.335 e. The van der Waals surface area contributed by atoms with Crippen molar-refractivity contribution >= 4 is 68.1 Å². The first-order chi connectivity index (χ1) is 32.7. The Balaban J connectivity index is 0.000000455. The van der Waals surface area contributed by atoms with Crippen LogP contribution in [0.25, 0.3) is 21.8 Å². The number of hydrogen-bond acceptors (Lipinski definition) is 10.